The van der Waals surface area contributed by atoms with Crippen molar-refractivity contribution in [2.24, 2.45) is 0 Å². The Hall–Kier alpha value is -3.62. The maximum atomic E-state index is 12.0. The smallest absolute Gasteiger partial charge is 0.407 e. The number of nitrogens with zero attached hydrogens (tertiary/aromatic N) is 2. The Morgan fingerprint density at radius 2 is 1.81 bits per heavy atom. The van der Waals surface area contributed by atoms with Crippen LogP contribution in [0.25, 0.3) is 0 Å². The maximum Gasteiger partial charge on any atom is 0.407 e. The molecular formula is C29H34N2O6. The molecule has 2 atom stereocenters. The van der Waals surface area contributed by atoms with Gasteiger partial charge in [0.05, 0.1) is 45.7 Å². The van der Waals surface area contributed by atoms with E-state index in [4.69, 9.17) is 18.9 Å². The normalized spacial score (nSPS) is 17.4. The fourth-order valence-corrected chi connectivity index (χ4v) is 4.54. The topological polar surface area (TPSA) is 90.4 Å². The van der Waals surface area contributed by atoms with Crippen LogP contribution in [0.1, 0.15) is 42.0 Å². The second-order valence-corrected chi connectivity index (χ2v) is 8.90. The lowest BCUT2D eigenvalue weighted by Crippen LogP contribution is -2.45. The summed E-state index contributed by atoms with van der Waals surface area (Å²) in [6.07, 6.45) is 4.60. The second-order valence-electron chi connectivity index (χ2n) is 8.90. The molecule has 2 unspecified atom stereocenters. The molecule has 2 aromatic carbocycles. The van der Waals surface area contributed by atoms with Gasteiger partial charge in [-0.25, -0.2) is 4.79 Å². The van der Waals surface area contributed by atoms with Gasteiger partial charge < -0.3 is 24.1 Å². The summed E-state index contributed by atoms with van der Waals surface area (Å²) in [5.41, 5.74) is 2.92. The van der Waals surface area contributed by atoms with Gasteiger partial charge in [0.25, 0.3) is 0 Å². The number of rotatable bonds is 12. The summed E-state index contributed by atoms with van der Waals surface area (Å²) < 4.78 is 23.2. The van der Waals surface area contributed by atoms with Crippen LogP contribution in [-0.4, -0.2) is 54.1 Å². The Morgan fingerprint density at radius 1 is 1.03 bits per heavy atom. The highest BCUT2D eigenvalue weighted by Gasteiger charge is 2.36. The molecule has 1 N–H and O–H groups in total. The molecule has 3 aromatic rings. The van der Waals surface area contributed by atoms with E-state index < -0.39 is 6.09 Å². The summed E-state index contributed by atoms with van der Waals surface area (Å²) in [5.74, 6) is 1.56. The van der Waals surface area contributed by atoms with E-state index in [2.05, 4.69) is 4.98 Å². The van der Waals surface area contributed by atoms with Crippen LogP contribution < -0.4 is 9.47 Å². The van der Waals surface area contributed by atoms with Crippen molar-refractivity contribution < 1.29 is 28.8 Å². The van der Waals surface area contributed by atoms with Gasteiger partial charge >= 0.3 is 6.09 Å². The van der Waals surface area contributed by atoms with Crippen LogP contribution in [0.15, 0.2) is 73.1 Å². The zero-order chi connectivity index (χ0) is 25.9. The predicted octanol–water partition coefficient (Wildman–Crippen LogP) is 5.48. The van der Waals surface area contributed by atoms with Crippen molar-refractivity contribution in [2.45, 2.75) is 44.6 Å². The monoisotopic (exact) mass is 506 g/mol. The standard InChI is InChI=1S/C29H34N2O6/c1-34-26-7-3-2-6-24(26)21-35-18-5-19-36-25-11-9-23(10-12-25)28-27(8-4-17-31(28)29(32)33)37-20-22-13-15-30-16-14-22/h2-3,6-7,9-16,27-28H,4-5,8,17-21H2,1H3,(H,32,33). The molecule has 1 aliphatic heterocycles. The first kappa shape index (κ1) is 26.4. The van der Waals surface area contributed by atoms with Crippen molar-refractivity contribution in [1.29, 1.82) is 0 Å². The van der Waals surface area contributed by atoms with Crippen LogP contribution in [0.2, 0.25) is 0 Å². The molecular weight excluding hydrogens is 472 g/mol. The van der Waals surface area contributed by atoms with E-state index in [1.807, 2.05) is 60.7 Å². The van der Waals surface area contributed by atoms with Gasteiger partial charge in [-0.05, 0) is 54.3 Å². The number of likely N-dealkylation sites (tertiary alicyclic amines) is 1. The molecule has 37 heavy (non-hydrogen) atoms. The molecule has 0 saturated carbocycles. The molecule has 1 saturated heterocycles. The van der Waals surface area contributed by atoms with E-state index in [9.17, 15) is 9.90 Å². The largest absolute Gasteiger partial charge is 0.496 e. The number of carbonyl (C=O) groups is 1. The Bertz CT molecular complexity index is 1110. The van der Waals surface area contributed by atoms with E-state index in [0.717, 1.165) is 47.5 Å². The molecule has 1 amide bonds. The Morgan fingerprint density at radius 3 is 2.57 bits per heavy atom. The minimum atomic E-state index is -0.935. The lowest BCUT2D eigenvalue weighted by molar-refractivity contribution is -0.0452. The minimum Gasteiger partial charge on any atom is -0.496 e. The van der Waals surface area contributed by atoms with Crippen molar-refractivity contribution in [3.05, 3.63) is 89.7 Å². The van der Waals surface area contributed by atoms with Crippen LogP contribution in [0.5, 0.6) is 11.5 Å². The summed E-state index contributed by atoms with van der Waals surface area (Å²) in [4.78, 5) is 17.5. The van der Waals surface area contributed by atoms with Crippen LogP contribution >= 0.6 is 0 Å². The van der Waals surface area contributed by atoms with Crippen molar-refractivity contribution in [3.63, 3.8) is 0 Å². The highest BCUT2D eigenvalue weighted by molar-refractivity contribution is 5.66. The van der Waals surface area contributed by atoms with Gasteiger partial charge in [-0.15, -0.1) is 0 Å². The first-order valence-electron chi connectivity index (χ1n) is 12.6. The number of para-hydroxylation sites is 1. The average molecular weight is 507 g/mol. The van der Waals surface area contributed by atoms with E-state index in [1.165, 1.54) is 4.90 Å². The summed E-state index contributed by atoms with van der Waals surface area (Å²) in [6.45, 7) is 2.49. The zero-order valence-electron chi connectivity index (χ0n) is 21.1. The van der Waals surface area contributed by atoms with E-state index in [0.29, 0.717) is 33.0 Å². The highest BCUT2D eigenvalue weighted by Crippen LogP contribution is 2.34. The fraction of sp³-hybridized carbons (Fsp3) is 0.379. The number of pyridine rings is 1. The Kier molecular flexibility index (Phi) is 9.74. The highest BCUT2D eigenvalue weighted by atomic mass is 16.5. The molecule has 0 aliphatic carbocycles. The molecule has 0 spiro atoms. The third-order valence-corrected chi connectivity index (χ3v) is 6.41. The molecule has 0 bridgehead atoms. The molecule has 2 heterocycles. The predicted molar refractivity (Wildman–Crippen MR) is 139 cm³/mol. The van der Waals surface area contributed by atoms with E-state index in [1.54, 1.807) is 19.5 Å². The van der Waals surface area contributed by atoms with Crippen LogP contribution in [0.4, 0.5) is 4.79 Å². The third-order valence-electron chi connectivity index (χ3n) is 6.41. The SMILES string of the molecule is COc1ccccc1COCCCOc1ccc(C2C(OCc3ccncc3)CCCN2C(=O)O)cc1. The lowest BCUT2D eigenvalue weighted by atomic mass is 9.92. The number of ether oxygens (including phenoxy) is 4. The van der Waals surface area contributed by atoms with Crippen molar-refractivity contribution in [1.82, 2.24) is 9.88 Å². The number of aromatic nitrogens is 1. The van der Waals surface area contributed by atoms with Crippen molar-refractivity contribution in [2.75, 3.05) is 26.9 Å². The van der Waals surface area contributed by atoms with Crippen molar-refractivity contribution >= 4 is 6.09 Å². The number of piperidine rings is 1. The minimum absolute atomic E-state index is 0.231. The molecule has 196 valence electrons. The number of methoxy groups -OCH3 is 1. The first-order chi connectivity index (χ1) is 18.2. The summed E-state index contributed by atoms with van der Waals surface area (Å²) >= 11 is 0. The molecule has 8 heteroatoms. The van der Waals surface area contributed by atoms with Gasteiger partial charge in [-0.1, -0.05) is 30.3 Å². The van der Waals surface area contributed by atoms with Crippen molar-refractivity contribution in [3.8, 4) is 11.5 Å². The summed E-state index contributed by atoms with van der Waals surface area (Å²) in [5, 5.41) is 9.84. The number of amides is 1. The number of hydrogen-bond donors (Lipinski definition) is 1. The van der Waals surface area contributed by atoms with E-state index >= 15 is 0 Å². The van der Waals surface area contributed by atoms with E-state index in [-0.39, 0.29) is 12.1 Å². The third kappa shape index (κ3) is 7.44. The first-order valence-corrected chi connectivity index (χ1v) is 12.6. The molecule has 8 nitrogen and oxygen atoms in total. The number of carboxylic acid groups (broad SMARTS) is 1. The summed E-state index contributed by atoms with van der Waals surface area (Å²) in [6, 6.07) is 18.9. The van der Waals surface area contributed by atoms with Gasteiger partial charge in [0, 0.05) is 30.9 Å². The molecule has 1 aliphatic rings. The van der Waals surface area contributed by atoms with Gasteiger partial charge in [0.2, 0.25) is 0 Å². The van der Waals surface area contributed by atoms with Crippen LogP contribution in [-0.2, 0) is 22.7 Å². The molecule has 0 radical (unpaired) electrons. The maximum absolute atomic E-state index is 12.0. The molecule has 1 fully saturated rings. The zero-order valence-corrected chi connectivity index (χ0v) is 21.1. The van der Waals surface area contributed by atoms with Gasteiger partial charge in [-0.2, -0.15) is 0 Å². The van der Waals surface area contributed by atoms with Crippen LogP contribution in [0, 0.1) is 0 Å². The molecule has 1 aromatic heterocycles. The Balaban J connectivity index is 1.28. The quantitative estimate of drug-likeness (QED) is 0.326. The molecule has 4 rings (SSSR count). The van der Waals surface area contributed by atoms with Gasteiger partial charge in [0.1, 0.15) is 11.5 Å². The lowest BCUT2D eigenvalue weighted by Gasteiger charge is -2.39. The number of benzene rings is 2. The Labute approximate surface area is 217 Å². The van der Waals surface area contributed by atoms with Gasteiger partial charge in [-0.3, -0.25) is 9.88 Å². The average Bonchev–Trinajstić information content (AvgIpc) is 2.94. The second kappa shape index (κ2) is 13.6. The number of hydrogen-bond acceptors (Lipinski definition) is 6. The van der Waals surface area contributed by atoms with Crippen LogP contribution in [0.3, 0.4) is 0 Å². The summed E-state index contributed by atoms with van der Waals surface area (Å²) in [7, 11) is 1.65. The van der Waals surface area contributed by atoms with Gasteiger partial charge in [0.15, 0.2) is 0 Å². The fourth-order valence-electron chi connectivity index (χ4n) is 4.54.